The maximum absolute atomic E-state index is 11.8. The van der Waals surface area contributed by atoms with Gasteiger partial charge in [0.25, 0.3) is 0 Å². The van der Waals surface area contributed by atoms with E-state index in [1.807, 2.05) is 36.4 Å². The Labute approximate surface area is 172 Å². The molecule has 0 radical (unpaired) electrons. The molecule has 6 heteroatoms. The minimum absolute atomic E-state index is 0.0759. The normalized spacial score (nSPS) is 14.3. The van der Waals surface area contributed by atoms with Crippen LogP contribution >= 0.6 is 45.2 Å². The van der Waals surface area contributed by atoms with Gasteiger partial charge in [-0.15, -0.1) is 0 Å². The van der Waals surface area contributed by atoms with Crippen molar-refractivity contribution in [2.75, 3.05) is 0 Å². The van der Waals surface area contributed by atoms with Crippen LogP contribution in [0.1, 0.15) is 28.7 Å². The Hall–Kier alpha value is -1.60. The number of carbonyl (C=O) groups is 2. The van der Waals surface area contributed by atoms with Crippen LogP contribution in [0.15, 0.2) is 36.4 Å². The van der Waals surface area contributed by atoms with E-state index in [4.69, 9.17) is 9.47 Å². The summed E-state index contributed by atoms with van der Waals surface area (Å²) in [6.45, 7) is 0.152. The molecular weight excluding hydrogens is 546 g/mol. The molecule has 0 aliphatic carbocycles. The molecule has 0 spiro atoms. The van der Waals surface area contributed by atoms with Gasteiger partial charge in [-0.3, -0.25) is 9.59 Å². The number of esters is 2. The van der Waals surface area contributed by atoms with Crippen LogP contribution in [0.25, 0.3) is 0 Å². The fourth-order valence-corrected chi connectivity index (χ4v) is 3.39. The summed E-state index contributed by atoms with van der Waals surface area (Å²) in [6, 6.07) is 11.6. The van der Waals surface area contributed by atoms with Gasteiger partial charge in [0.2, 0.25) is 0 Å². The molecule has 1 aliphatic heterocycles. The summed E-state index contributed by atoms with van der Waals surface area (Å²) in [5.41, 5.74) is 3.22. The third-order valence-corrected chi connectivity index (χ3v) is 4.87. The van der Waals surface area contributed by atoms with Gasteiger partial charge in [0.15, 0.2) is 0 Å². The molecule has 3 rings (SSSR count). The van der Waals surface area contributed by atoms with Crippen molar-refractivity contribution < 1.29 is 19.1 Å². The van der Waals surface area contributed by atoms with E-state index in [9.17, 15) is 9.59 Å². The molecule has 0 unspecified atom stereocenters. The number of carbonyl (C=O) groups excluding carboxylic acids is 2. The van der Waals surface area contributed by atoms with Crippen molar-refractivity contribution in [3.8, 4) is 11.8 Å². The zero-order valence-electron chi connectivity index (χ0n) is 13.0. The second-order valence-corrected chi connectivity index (χ2v) is 7.84. The van der Waals surface area contributed by atoms with E-state index in [0.717, 1.165) is 29.4 Å². The van der Waals surface area contributed by atoms with Crippen LogP contribution in [0.4, 0.5) is 0 Å². The van der Waals surface area contributed by atoms with Crippen molar-refractivity contribution >= 4 is 57.1 Å². The zero-order chi connectivity index (χ0) is 17.8. The molecule has 0 bridgehead atoms. The van der Waals surface area contributed by atoms with Crippen molar-refractivity contribution in [1.82, 2.24) is 0 Å². The highest BCUT2D eigenvalue weighted by molar-refractivity contribution is 14.1. The van der Waals surface area contributed by atoms with Crippen LogP contribution < -0.4 is 0 Å². The monoisotopic (exact) mass is 558 g/mol. The first-order valence-electron chi connectivity index (χ1n) is 7.41. The fourth-order valence-electron chi connectivity index (χ4n) is 2.28. The Bertz CT molecular complexity index is 838. The molecule has 2 aromatic carbocycles. The quantitative estimate of drug-likeness (QED) is 0.214. The van der Waals surface area contributed by atoms with Crippen LogP contribution in [0.5, 0.6) is 0 Å². The Morgan fingerprint density at radius 2 is 1.20 bits per heavy atom. The Morgan fingerprint density at radius 1 is 0.760 bits per heavy atom. The van der Waals surface area contributed by atoms with Crippen molar-refractivity contribution in [3.63, 3.8) is 0 Å². The molecule has 0 atom stereocenters. The number of halogens is 2. The molecule has 0 saturated heterocycles. The first-order chi connectivity index (χ1) is 12.0. The second kappa shape index (κ2) is 8.19. The lowest BCUT2D eigenvalue weighted by atomic mass is 10.1. The van der Waals surface area contributed by atoms with E-state index in [1.54, 1.807) is 0 Å². The van der Waals surface area contributed by atoms with E-state index in [-0.39, 0.29) is 13.2 Å². The van der Waals surface area contributed by atoms with E-state index in [0.29, 0.717) is 0 Å². The highest BCUT2D eigenvalue weighted by Crippen LogP contribution is 2.18. The third-order valence-electron chi connectivity index (χ3n) is 3.53. The van der Waals surface area contributed by atoms with Crippen molar-refractivity contribution in [3.05, 3.63) is 65.8 Å². The van der Waals surface area contributed by atoms with Crippen LogP contribution in [0, 0.1) is 19.0 Å². The fraction of sp³-hybridized carbons (Fsp3) is 0.158. The predicted octanol–water partition coefficient (Wildman–Crippen LogP) is 3.79. The standard InChI is InChI=1S/C19H12I2O4/c20-16-5-3-12-1-2-13-4-6-17(21)8-15(13)11-25-19(23)9-18(22)24-10-14(12)7-16/h3-8H,9-11H2. The molecule has 0 fully saturated rings. The molecule has 0 amide bonds. The smallest absolute Gasteiger partial charge is 0.317 e. The Morgan fingerprint density at radius 3 is 1.64 bits per heavy atom. The Balaban J connectivity index is 2.06. The van der Waals surface area contributed by atoms with Gasteiger partial charge in [-0.25, -0.2) is 0 Å². The molecular formula is C19H12I2O4. The number of hydrogen-bond acceptors (Lipinski definition) is 4. The van der Waals surface area contributed by atoms with Crippen LogP contribution in [0.2, 0.25) is 0 Å². The van der Waals surface area contributed by atoms with Gasteiger partial charge in [-0.05, 0) is 81.6 Å². The van der Waals surface area contributed by atoms with Gasteiger partial charge in [-0.1, -0.05) is 11.8 Å². The van der Waals surface area contributed by atoms with Gasteiger partial charge in [0.05, 0.1) is 0 Å². The van der Waals surface area contributed by atoms with Gasteiger partial charge >= 0.3 is 11.9 Å². The lowest BCUT2D eigenvalue weighted by Gasteiger charge is -2.08. The summed E-state index contributed by atoms with van der Waals surface area (Å²) in [4.78, 5) is 23.7. The highest BCUT2D eigenvalue weighted by Gasteiger charge is 2.15. The molecule has 1 heterocycles. The summed E-state index contributed by atoms with van der Waals surface area (Å²) < 4.78 is 12.4. The second-order valence-electron chi connectivity index (χ2n) is 5.35. The molecule has 1 aliphatic rings. The number of cyclic esters (lactones) is 2. The van der Waals surface area contributed by atoms with Gasteiger partial charge in [0, 0.05) is 29.4 Å². The lowest BCUT2D eigenvalue weighted by molar-refractivity contribution is -0.156. The molecule has 0 saturated carbocycles. The summed E-state index contributed by atoms with van der Waals surface area (Å²) in [6.07, 6.45) is -0.403. The maximum atomic E-state index is 11.8. The molecule has 126 valence electrons. The molecule has 2 aromatic rings. The van der Waals surface area contributed by atoms with E-state index in [1.165, 1.54) is 0 Å². The van der Waals surface area contributed by atoms with Gasteiger partial charge in [0.1, 0.15) is 19.6 Å². The summed E-state index contributed by atoms with van der Waals surface area (Å²) in [7, 11) is 0. The number of rotatable bonds is 0. The number of fused-ring (bicyclic) bond motifs is 2. The first kappa shape index (κ1) is 18.2. The minimum Gasteiger partial charge on any atom is -0.460 e. The van der Waals surface area contributed by atoms with E-state index < -0.39 is 18.4 Å². The van der Waals surface area contributed by atoms with Crippen LogP contribution in [-0.4, -0.2) is 11.9 Å². The number of hydrogen-bond donors (Lipinski definition) is 0. The predicted molar refractivity (Wildman–Crippen MR) is 109 cm³/mol. The molecule has 25 heavy (non-hydrogen) atoms. The van der Waals surface area contributed by atoms with E-state index >= 15 is 0 Å². The average Bonchev–Trinajstić information content (AvgIpc) is 2.58. The largest absolute Gasteiger partial charge is 0.460 e. The topological polar surface area (TPSA) is 52.6 Å². The molecule has 0 N–H and O–H groups in total. The summed E-state index contributed by atoms with van der Waals surface area (Å²) >= 11 is 4.39. The zero-order valence-corrected chi connectivity index (χ0v) is 17.3. The third kappa shape index (κ3) is 4.95. The first-order valence-corrected chi connectivity index (χ1v) is 9.57. The summed E-state index contributed by atoms with van der Waals surface area (Å²) in [5.74, 6) is 5.07. The van der Waals surface area contributed by atoms with Crippen molar-refractivity contribution in [1.29, 1.82) is 0 Å². The van der Waals surface area contributed by atoms with Crippen LogP contribution in [-0.2, 0) is 32.3 Å². The van der Waals surface area contributed by atoms with Crippen molar-refractivity contribution in [2.45, 2.75) is 19.6 Å². The van der Waals surface area contributed by atoms with Crippen LogP contribution in [0.3, 0.4) is 0 Å². The van der Waals surface area contributed by atoms with Crippen molar-refractivity contribution in [2.24, 2.45) is 0 Å². The summed E-state index contributed by atoms with van der Waals surface area (Å²) in [5, 5.41) is 0. The highest BCUT2D eigenvalue weighted by atomic mass is 127. The molecule has 4 nitrogen and oxygen atoms in total. The van der Waals surface area contributed by atoms with E-state index in [2.05, 4.69) is 57.0 Å². The maximum Gasteiger partial charge on any atom is 0.317 e. The van der Waals surface area contributed by atoms with Gasteiger partial charge < -0.3 is 9.47 Å². The lowest BCUT2D eigenvalue weighted by Crippen LogP contribution is -2.14. The number of benzene rings is 2. The Kier molecular flexibility index (Phi) is 5.96. The van der Waals surface area contributed by atoms with Gasteiger partial charge in [-0.2, -0.15) is 0 Å². The molecule has 0 aromatic heterocycles. The average molecular weight is 558 g/mol. The SMILES string of the molecule is O=C1CC(=O)OCc2cc(I)ccc2C#Cc2ccc(I)cc2CO1. The number of ether oxygens (including phenoxy) is 2. The minimum atomic E-state index is -0.607.